The summed E-state index contributed by atoms with van der Waals surface area (Å²) in [6.45, 7) is 2.07. The highest BCUT2D eigenvalue weighted by Gasteiger charge is 2.34. The molecule has 1 aliphatic rings. The van der Waals surface area contributed by atoms with Crippen molar-refractivity contribution in [3.8, 4) is 0 Å². The van der Waals surface area contributed by atoms with Gasteiger partial charge in [0.15, 0.2) is 0 Å². The fourth-order valence-corrected chi connectivity index (χ4v) is 3.58. The summed E-state index contributed by atoms with van der Waals surface area (Å²) in [5, 5.41) is 16.1. The predicted molar refractivity (Wildman–Crippen MR) is 81.1 cm³/mol. The highest BCUT2D eigenvalue weighted by atomic mass is 32.2. The molecule has 8 nitrogen and oxygen atoms in total. The molecule has 9 heteroatoms. The quantitative estimate of drug-likeness (QED) is 0.721. The molecular weight excluding hydrogens is 306 g/mol. The minimum Gasteiger partial charge on any atom is -0.393 e. The second-order valence-electron chi connectivity index (χ2n) is 5.77. The summed E-state index contributed by atoms with van der Waals surface area (Å²) in [4.78, 5) is 8.49. The number of hydrogen-bond acceptors (Lipinski definition) is 5. The van der Waals surface area contributed by atoms with Gasteiger partial charge >= 0.3 is 0 Å². The molecule has 0 bridgehead atoms. The molecule has 22 heavy (non-hydrogen) atoms. The van der Waals surface area contributed by atoms with Gasteiger partial charge in [-0.15, -0.1) is 0 Å². The van der Waals surface area contributed by atoms with Gasteiger partial charge in [0.2, 0.25) is 0 Å². The summed E-state index contributed by atoms with van der Waals surface area (Å²) in [6, 6.07) is 2.04. The van der Waals surface area contributed by atoms with Crippen LogP contribution in [0.4, 0.5) is 0 Å². The molecular formula is C13H19N5O3S. The number of aryl methyl sites for hydroxylation is 1. The third-order valence-corrected chi connectivity index (χ3v) is 4.85. The molecule has 0 unspecified atom stereocenters. The second-order valence-corrected chi connectivity index (χ2v) is 7.14. The number of aliphatic hydroxyl groups is 1. The first kappa shape index (κ1) is 15.3. The summed E-state index contributed by atoms with van der Waals surface area (Å²) >= 11 is 0. The van der Waals surface area contributed by atoms with Gasteiger partial charge < -0.3 is 9.67 Å². The number of aliphatic hydroxyl groups excluding tert-OH is 1. The monoisotopic (exact) mass is 325 g/mol. The van der Waals surface area contributed by atoms with Crippen molar-refractivity contribution < 1.29 is 13.5 Å². The van der Waals surface area contributed by atoms with E-state index in [1.54, 1.807) is 0 Å². The molecule has 0 aromatic carbocycles. The van der Waals surface area contributed by atoms with Crippen LogP contribution < -0.4 is 9.86 Å². The first-order valence-corrected chi connectivity index (χ1v) is 8.63. The molecule has 0 aliphatic heterocycles. The first-order chi connectivity index (χ1) is 10.3. The molecule has 2 heterocycles. The number of rotatable bonds is 4. The highest BCUT2D eigenvalue weighted by molar-refractivity contribution is 7.87. The SMILES string of the molecule is Cc1ncnc2c1ccn2[C@@H]1C[C@@H](CNS(N)(=O)=O)[C@@H](O)C1. The smallest absolute Gasteiger partial charge is 0.274 e. The number of nitrogens with two attached hydrogens (primary N) is 1. The maximum atomic E-state index is 11.0. The van der Waals surface area contributed by atoms with E-state index in [4.69, 9.17) is 5.14 Å². The Balaban J connectivity index is 1.80. The van der Waals surface area contributed by atoms with Crippen LogP contribution in [-0.2, 0) is 10.2 Å². The summed E-state index contributed by atoms with van der Waals surface area (Å²) in [5.41, 5.74) is 1.75. The Morgan fingerprint density at radius 3 is 2.95 bits per heavy atom. The highest BCUT2D eigenvalue weighted by Crippen LogP contribution is 2.36. The summed E-state index contributed by atoms with van der Waals surface area (Å²) in [6.07, 6.45) is 4.12. The van der Waals surface area contributed by atoms with E-state index in [0.717, 1.165) is 16.7 Å². The lowest BCUT2D eigenvalue weighted by Crippen LogP contribution is -2.36. The van der Waals surface area contributed by atoms with Crippen molar-refractivity contribution in [2.45, 2.75) is 31.9 Å². The lowest BCUT2D eigenvalue weighted by molar-refractivity contribution is 0.133. The van der Waals surface area contributed by atoms with E-state index in [1.165, 1.54) is 6.33 Å². The Hall–Kier alpha value is -1.55. The normalized spacial score (nSPS) is 25.9. The standard InChI is InChI=1S/C13H19N5O3S/c1-8-11-2-3-18(13(11)16-7-15-8)10-4-9(12(19)5-10)6-17-22(14,20)21/h2-3,7,9-10,12,17,19H,4-6H2,1H3,(H2,14,20,21)/t9-,10+,12-/m0/s1. The van der Waals surface area contributed by atoms with E-state index < -0.39 is 16.3 Å². The fourth-order valence-electron chi connectivity index (χ4n) is 3.14. The van der Waals surface area contributed by atoms with E-state index >= 15 is 0 Å². The molecule has 2 aromatic rings. The lowest BCUT2D eigenvalue weighted by Gasteiger charge is -2.14. The molecule has 3 atom stereocenters. The number of nitrogens with zero attached hydrogens (tertiary/aromatic N) is 3. The van der Waals surface area contributed by atoms with Crippen molar-refractivity contribution in [2.24, 2.45) is 11.1 Å². The topological polar surface area (TPSA) is 123 Å². The van der Waals surface area contributed by atoms with E-state index in [9.17, 15) is 13.5 Å². The largest absolute Gasteiger partial charge is 0.393 e. The maximum absolute atomic E-state index is 11.0. The molecule has 1 aliphatic carbocycles. The Kier molecular flexibility index (Phi) is 3.89. The average Bonchev–Trinajstić information content (AvgIpc) is 3.00. The van der Waals surface area contributed by atoms with Crippen molar-refractivity contribution in [3.63, 3.8) is 0 Å². The van der Waals surface area contributed by atoms with E-state index in [1.807, 2.05) is 23.8 Å². The zero-order valence-electron chi connectivity index (χ0n) is 12.2. The van der Waals surface area contributed by atoms with Gasteiger partial charge in [0.1, 0.15) is 12.0 Å². The molecule has 1 fully saturated rings. The zero-order chi connectivity index (χ0) is 15.9. The fraction of sp³-hybridized carbons (Fsp3) is 0.538. The molecule has 0 amide bonds. The van der Waals surface area contributed by atoms with E-state index in [2.05, 4.69) is 14.7 Å². The summed E-state index contributed by atoms with van der Waals surface area (Å²) in [7, 11) is -3.74. The van der Waals surface area contributed by atoms with Gasteiger partial charge in [0.05, 0.1) is 11.8 Å². The molecule has 3 rings (SSSR count). The van der Waals surface area contributed by atoms with Crippen molar-refractivity contribution >= 4 is 21.2 Å². The van der Waals surface area contributed by atoms with Crippen molar-refractivity contribution in [1.82, 2.24) is 19.3 Å². The first-order valence-electron chi connectivity index (χ1n) is 7.09. The van der Waals surface area contributed by atoms with E-state index in [-0.39, 0.29) is 18.5 Å². The number of nitrogens with one attached hydrogen (secondary N) is 1. The Morgan fingerprint density at radius 2 is 2.23 bits per heavy atom. The van der Waals surface area contributed by atoms with Gasteiger partial charge in [-0.25, -0.2) is 19.8 Å². The summed E-state index contributed by atoms with van der Waals surface area (Å²) < 4.78 is 26.3. The van der Waals surface area contributed by atoms with Gasteiger partial charge in [-0.1, -0.05) is 0 Å². The van der Waals surface area contributed by atoms with Crippen molar-refractivity contribution in [1.29, 1.82) is 0 Å². The molecule has 0 spiro atoms. The molecule has 1 saturated carbocycles. The third-order valence-electron chi connectivity index (χ3n) is 4.28. The van der Waals surface area contributed by atoms with Crippen LogP contribution in [-0.4, -0.2) is 40.7 Å². The number of fused-ring (bicyclic) bond motifs is 1. The average molecular weight is 325 g/mol. The van der Waals surface area contributed by atoms with Gasteiger partial charge in [0.25, 0.3) is 10.2 Å². The predicted octanol–water partition coefficient (Wildman–Crippen LogP) is -0.155. The Bertz CT molecular complexity index is 788. The van der Waals surface area contributed by atoms with Crippen LogP contribution in [0.5, 0.6) is 0 Å². The second kappa shape index (κ2) is 5.58. The Morgan fingerprint density at radius 1 is 1.45 bits per heavy atom. The van der Waals surface area contributed by atoms with Gasteiger partial charge in [-0.2, -0.15) is 8.42 Å². The molecule has 4 N–H and O–H groups in total. The minimum atomic E-state index is -3.74. The third kappa shape index (κ3) is 2.98. The maximum Gasteiger partial charge on any atom is 0.274 e. The molecule has 2 aromatic heterocycles. The van der Waals surface area contributed by atoms with Crippen LogP contribution >= 0.6 is 0 Å². The number of aromatic nitrogens is 3. The van der Waals surface area contributed by atoms with Crippen LogP contribution in [0.3, 0.4) is 0 Å². The van der Waals surface area contributed by atoms with Crippen LogP contribution in [0.2, 0.25) is 0 Å². The molecule has 0 radical (unpaired) electrons. The van der Waals surface area contributed by atoms with Crippen LogP contribution in [0, 0.1) is 12.8 Å². The van der Waals surface area contributed by atoms with Crippen molar-refractivity contribution in [3.05, 3.63) is 24.3 Å². The molecule has 0 saturated heterocycles. The Labute approximate surface area is 128 Å². The van der Waals surface area contributed by atoms with Crippen LogP contribution in [0.15, 0.2) is 18.6 Å². The molecule has 120 valence electrons. The van der Waals surface area contributed by atoms with E-state index in [0.29, 0.717) is 12.8 Å². The number of hydrogen-bond donors (Lipinski definition) is 3. The van der Waals surface area contributed by atoms with Gasteiger partial charge in [-0.3, -0.25) is 0 Å². The van der Waals surface area contributed by atoms with Gasteiger partial charge in [0, 0.05) is 30.1 Å². The van der Waals surface area contributed by atoms with Crippen molar-refractivity contribution in [2.75, 3.05) is 6.54 Å². The summed E-state index contributed by atoms with van der Waals surface area (Å²) in [5.74, 6) is -0.163. The van der Waals surface area contributed by atoms with Gasteiger partial charge in [-0.05, 0) is 25.8 Å². The zero-order valence-corrected chi connectivity index (χ0v) is 13.0. The van der Waals surface area contributed by atoms with Crippen LogP contribution in [0.1, 0.15) is 24.6 Å². The lowest BCUT2D eigenvalue weighted by atomic mass is 10.1. The minimum absolute atomic E-state index is 0.0779. The van der Waals surface area contributed by atoms with Crippen LogP contribution in [0.25, 0.3) is 11.0 Å².